The summed E-state index contributed by atoms with van der Waals surface area (Å²) in [6, 6.07) is 10.4. The first-order valence-corrected chi connectivity index (χ1v) is 11.3. The summed E-state index contributed by atoms with van der Waals surface area (Å²) in [6.07, 6.45) is 6.30. The van der Waals surface area contributed by atoms with Gasteiger partial charge in [0.15, 0.2) is 0 Å². The summed E-state index contributed by atoms with van der Waals surface area (Å²) in [4.78, 5) is 14.5. The van der Waals surface area contributed by atoms with E-state index >= 15 is 0 Å². The minimum Gasteiger partial charge on any atom is -0.467 e. The van der Waals surface area contributed by atoms with Crippen molar-refractivity contribution in [3.8, 4) is 5.75 Å². The molecular formula is C21H29NO5S. The van der Waals surface area contributed by atoms with Crippen molar-refractivity contribution in [2.75, 3.05) is 5.75 Å². The fourth-order valence-corrected chi connectivity index (χ4v) is 3.28. The number of amides is 1. The van der Waals surface area contributed by atoms with Gasteiger partial charge < -0.3 is 13.5 Å². The van der Waals surface area contributed by atoms with E-state index in [1.54, 1.807) is 41.5 Å². The van der Waals surface area contributed by atoms with Crippen molar-refractivity contribution in [2.45, 2.75) is 59.0 Å². The molecule has 0 bridgehead atoms. The molecule has 0 aliphatic heterocycles. The van der Waals surface area contributed by atoms with E-state index in [2.05, 4.69) is 6.92 Å². The molecule has 1 aromatic heterocycles. The number of hydrogen-bond donors (Lipinski definition) is 0. The van der Waals surface area contributed by atoms with Crippen molar-refractivity contribution in [2.24, 2.45) is 0 Å². The van der Waals surface area contributed by atoms with Crippen LogP contribution in [0, 0.1) is 0 Å². The van der Waals surface area contributed by atoms with Gasteiger partial charge in [-0.05, 0) is 43.2 Å². The Morgan fingerprint density at radius 2 is 1.79 bits per heavy atom. The number of carbonyl (C=O) groups excluding carboxylic acids is 1. The first-order valence-electron chi connectivity index (χ1n) is 9.74. The summed E-state index contributed by atoms with van der Waals surface area (Å²) in [7, 11) is -3.55. The van der Waals surface area contributed by atoms with Crippen LogP contribution in [0.5, 0.6) is 5.75 Å². The van der Waals surface area contributed by atoms with Crippen molar-refractivity contribution >= 4 is 16.0 Å². The molecule has 0 N–H and O–H groups in total. The fraction of sp³-hybridized carbons (Fsp3) is 0.476. The topological polar surface area (TPSA) is 76.8 Å². The number of carbonyl (C=O) groups is 1. The van der Waals surface area contributed by atoms with Gasteiger partial charge in [-0.3, -0.25) is 4.79 Å². The van der Waals surface area contributed by atoms with E-state index < -0.39 is 10.1 Å². The lowest BCUT2D eigenvalue weighted by Crippen LogP contribution is -2.29. The summed E-state index contributed by atoms with van der Waals surface area (Å²) >= 11 is 0. The van der Waals surface area contributed by atoms with Gasteiger partial charge in [0.05, 0.1) is 18.6 Å². The van der Waals surface area contributed by atoms with Gasteiger partial charge in [0.1, 0.15) is 11.5 Å². The molecule has 0 saturated carbocycles. The number of benzene rings is 1. The van der Waals surface area contributed by atoms with Gasteiger partial charge in [0.2, 0.25) is 5.91 Å². The molecule has 28 heavy (non-hydrogen) atoms. The molecule has 0 fully saturated rings. The molecule has 1 amide bonds. The second-order valence-electron chi connectivity index (χ2n) is 6.71. The predicted molar refractivity (Wildman–Crippen MR) is 108 cm³/mol. The first-order chi connectivity index (χ1) is 13.4. The molecule has 2 aromatic rings. The van der Waals surface area contributed by atoms with Crippen molar-refractivity contribution in [3.63, 3.8) is 0 Å². The van der Waals surface area contributed by atoms with E-state index in [9.17, 15) is 13.2 Å². The van der Waals surface area contributed by atoms with Crippen LogP contribution in [0.2, 0.25) is 0 Å². The summed E-state index contributed by atoms with van der Waals surface area (Å²) in [5.41, 5.74) is 0.898. The summed E-state index contributed by atoms with van der Waals surface area (Å²) in [6.45, 7) is 4.50. The van der Waals surface area contributed by atoms with Crippen LogP contribution >= 0.6 is 0 Å². The molecule has 0 saturated heterocycles. The fourth-order valence-electron chi connectivity index (χ4n) is 2.76. The SMILES string of the molecule is CCCCCCC(=O)N(Cc1ccc(OS(=O)(=O)CC)cc1)Cc1ccco1. The summed E-state index contributed by atoms with van der Waals surface area (Å²) in [5, 5.41) is 0. The highest BCUT2D eigenvalue weighted by Gasteiger charge is 2.16. The van der Waals surface area contributed by atoms with E-state index in [4.69, 9.17) is 8.60 Å². The highest BCUT2D eigenvalue weighted by molar-refractivity contribution is 7.87. The van der Waals surface area contributed by atoms with E-state index in [1.807, 2.05) is 6.07 Å². The number of nitrogens with zero attached hydrogens (tertiary/aromatic N) is 1. The highest BCUT2D eigenvalue weighted by Crippen LogP contribution is 2.18. The van der Waals surface area contributed by atoms with Crippen LogP contribution in [0.25, 0.3) is 0 Å². The predicted octanol–water partition coefficient (Wildman–Crippen LogP) is 4.51. The third-order valence-corrected chi connectivity index (χ3v) is 5.55. The van der Waals surface area contributed by atoms with E-state index in [-0.39, 0.29) is 17.4 Å². The summed E-state index contributed by atoms with van der Waals surface area (Å²) in [5.74, 6) is 1.00. The van der Waals surface area contributed by atoms with Gasteiger partial charge >= 0.3 is 10.1 Å². The Morgan fingerprint density at radius 3 is 2.39 bits per heavy atom. The lowest BCUT2D eigenvalue weighted by molar-refractivity contribution is -0.132. The van der Waals surface area contributed by atoms with Gasteiger partial charge in [-0.25, -0.2) is 0 Å². The molecule has 1 heterocycles. The molecule has 0 atom stereocenters. The molecule has 154 valence electrons. The standard InChI is InChI=1S/C21H29NO5S/c1-3-5-6-7-10-21(23)22(17-20-9-8-15-26-20)16-18-11-13-19(14-12-18)27-28(24,25)4-2/h8-9,11-15H,3-7,10,16-17H2,1-2H3. The number of rotatable bonds is 12. The van der Waals surface area contributed by atoms with Gasteiger partial charge in [-0.1, -0.05) is 38.3 Å². The van der Waals surface area contributed by atoms with Crippen LogP contribution in [-0.2, 0) is 28.0 Å². The molecule has 0 radical (unpaired) electrons. The van der Waals surface area contributed by atoms with Crippen LogP contribution in [0.3, 0.4) is 0 Å². The van der Waals surface area contributed by atoms with E-state index in [1.165, 1.54) is 6.92 Å². The molecule has 2 rings (SSSR count). The molecule has 6 nitrogen and oxygen atoms in total. The molecule has 7 heteroatoms. The highest BCUT2D eigenvalue weighted by atomic mass is 32.2. The normalized spacial score (nSPS) is 11.4. The lowest BCUT2D eigenvalue weighted by atomic mass is 10.1. The van der Waals surface area contributed by atoms with Gasteiger partial charge in [-0.2, -0.15) is 8.42 Å². The van der Waals surface area contributed by atoms with Crippen LogP contribution in [0.15, 0.2) is 47.1 Å². The molecule has 0 aliphatic rings. The second kappa shape index (κ2) is 10.9. The van der Waals surface area contributed by atoms with Crippen LogP contribution in [-0.4, -0.2) is 25.0 Å². The maximum absolute atomic E-state index is 12.7. The third kappa shape index (κ3) is 7.38. The van der Waals surface area contributed by atoms with Crippen molar-refractivity contribution in [3.05, 3.63) is 54.0 Å². The Bertz CT molecular complexity index is 813. The number of hydrogen-bond acceptors (Lipinski definition) is 5. The monoisotopic (exact) mass is 407 g/mol. The Hall–Kier alpha value is -2.28. The van der Waals surface area contributed by atoms with Crippen LogP contribution in [0.4, 0.5) is 0 Å². The van der Waals surface area contributed by atoms with Gasteiger partial charge in [-0.15, -0.1) is 0 Å². The minimum atomic E-state index is -3.55. The quantitative estimate of drug-likeness (QED) is 0.382. The Labute approximate surface area is 167 Å². The van der Waals surface area contributed by atoms with E-state index in [0.29, 0.717) is 19.5 Å². The Morgan fingerprint density at radius 1 is 1.04 bits per heavy atom. The van der Waals surface area contributed by atoms with Crippen molar-refractivity contribution in [1.82, 2.24) is 4.90 Å². The average Bonchev–Trinajstić information content (AvgIpc) is 3.19. The van der Waals surface area contributed by atoms with Gasteiger partial charge in [0, 0.05) is 13.0 Å². The lowest BCUT2D eigenvalue weighted by Gasteiger charge is -2.22. The number of furan rings is 1. The largest absolute Gasteiger partial charge is 0.467 e. The van der Waals surface area contributed by atoms with Crippen LogP contribution < -0.4 is 4.18 Å². The zero-order valence-electron chi connectivity index (χ0n) is 16.6. The van der Waals surface area contributed by atoms with Gasteiger partial charge in [0.25, 0.3) is 0 Å². The Kier molecular flexibility index (Phi) is 8.57. The third-order valence-electron chi connectivity index (χ3n) is 4.40. The zero-order chi connectivity index (χ0) is 20.4. The molecule has 0 unspecified atom stereocenters. The van der Waals surface area contributed by atoms with Crippen molar-refractivity contribution < 1.29 is 21.8 Å². The Balaban J connectivity index is 2.03. The average molecular weight is 408 g/mol. The molecule has 0 spiro atoms. The van der Waals surface area contributed by atoms with E-state index in [0.717, 1.165) is 37.0 Å². The maximum atomic E-state index is 12.7. The minimum absolute atomic E-state index is 0.0846. The second-order valence-corrected chi connectivity index (χ2v) is 8.57. The molecular weight excluding hydrogens is 378 g/mol. The maximum Gasteiger partial charge on any atom is 0.308 e. The molecule has 0 aliphatic carbocycles. The first kappa shape index (κ1) is 22.0. The smallest absolute Gasteiger partial charge is 0.308 e. The number of unbranched alkanes of at least 4 members (excludes halogenated alkanes) is 3. The zero-order valence-corrected chi connectivity index (χ0v) is 17.4. The van der Waals surface area contributed by atoms with Crippen molar-refractivity contribution in [1.29, 1.82) is 0 Å². The van der Waals surface area contributed by atoms with Crippen LogP contribution in [0.1, 0.15) is 57.3 Å². The molecule has 1 aromatic carbocycles. The summed E-state index contributed by atoms with van der Waals surface area (Å²) < 4.78 is 33.5.